The Bertz CT molecular complexity index is 1380. The Kier molecular flexibility index (Phi) is 6.18. The highest BCUT2D eigenvalue weighted by molar-refractivity contribution is 6.33. The zero-order valence-electron chi connectivity index (χ0n) is 18.5. The van der Waals surface area contributed by atoms with E-state index in [1.165, 1.54) is 0 Å². The molecule has 1 aliphatic heterocycles. The number of nitrogens with one attached hydrogen (secondary N) is 1. The number of aromatic nitrogens is 2. The third-order valence-electron chi connectivity index (χ3n) is 6.00. The van der Waals surface area contributed by atoms with Crippen molar-refractivity contribution in [2.45, 2.75) is 6.54 Å². The molecule has 172 valence electrons. The summed E-state index contributed by atoms with van der Waals surface area (Å²) in [6, 6.07) is 24.6. The number of hydrogen-bond acceptors (Lipinski definition) is 4. The summed E-state index contributed by atoms with van der Waals surface area (Å²) in [5, 5.41) is 3.36. The van der Waals surface area contributed by atoms with Crippen molar-refractivity contribution in [1.29, 1.82) is 0 Å². The highest BCUT2D eigenvalue weighted by atomic mass is 35.5. The van der Waals surface area contributed by atoms with Gasteiger partial charge in [-0.25, -0.2) is 9.78 Å². The minimum Gasteiger partial charge on any atom is -0.348 e. The van der Waals surface area contributed by atoms with E-state index in [-0.39, 0.29) is 11.6 Å². The van der Waals surface area contributed by atoms with Gasteiger partial charge >= 0.3 is 6.03 Å². The van der Waals surface area contributed by atoms with Crippen LogP contribution in [0.1, 0.15) is 5.56 Å². The molecule has 2 amide bonds. The SMILES string of the molecule is O=C(Nc1ccccc1Cl)N1CCN(c2nc3ccccc3n(Cc3ccccc3)c2=O)CC1. The van der Waals surface area contributed by atoms with E-state index in [2.05, 4.69) is 5.32 Å². The molecule has 34 heavy (non-hydrogen) atoms. The quantitative estimate of drug-likeness (QED) is 0.475. The number of piperazine rings is 1. The normalized spacial score (nSPS) is 13.8. The van der Waals surface area contributed by atoms with Gasteiger partial charge in [-0.15, -0.1) is 0 Å². The van der Waals surface area contributed by atoms with Gasteiger partial charge < -0.3 is 15.1 Å². The fraction of sp³-hybridized carbons (Fsp3) is 0.192. The van der Waals surface area contributed by atoms with Crippen LogP contribution in [0, 0.1) is 0 Å². The van der Waals surface area contributed by atoms with E-state index in [1.807, 2.05) is 71.6 Å². The smallest absolute Gasteiger partial charge is 0.322 e. The van der Waals surface area contributed by atoms with Crippen molar-refractivity contribution in [2.24, 2.45) is 0 Å². The van der Waals surface area contributed by atoms with Crippen LogP contribution in [-0.2, 0) is 6.54 Å². The van der Waals surface area contributed by atoms with Gasteiger partial charge in [0.25, 0.3) is 5.56 Å². The second-order valence-corrected chi connectivity index (χ2v) is 8.59. The van der Waals surface area contributed by atoms with Gasteiger partial charge in [0.15, 0.2) is 5.82 Å². The van der Waals surface area contributed by atoms with Crippen LogP contribution in [0.15, 0.2) is 83.7 Å². The molecule has 1 aromatic heterocycles. The van der Waals surface area contributed by atoms with Crippen molar-refractivity contribution >= 4 is 40.2 Å². The summed E-state index contributed by atoms with van der Waals surface area (Å²) in [5.74, 6) is 0.417. The molecule has 3 aromatic carbocycles. The van der Waals surface area contributed by atoms with Gasteiger partial charge in [-0.1, -0.05) is 66.2 Å². The average molecular weight is 474 g/mol. The largest absolute Gasteiger partial charge is 0.348 e. The number of urea groups is 1. The van der Waals surface area contributed by atoms with E-state index in [0.717, 1.165) is 16.6 Å². The number of rotatable bonds is 4. The summed E-state index contributed by atoms with van der Waals surface area (Å²) in [5.41, 5.74) is 3.07. The third-order valence-corrected chi connectivity index (χ3v) is 6.33. The molecule has 5 rings (SSSR count). The molecule has 7 nitrogen and oxygen atoms in total. The first kappa shape index (κ1) is 22.0. The predicted molar refractivity (Wildman–Crippen MR) is 136 cm³/mol. The van der Waals surface area contributed by atoms with E-state index in [4.69, 9.17) is 16.6 Å². The fourth-order valence-electron chi connectivity index (χ4n) is 4.19. The standard InChI is InChI=1S/C26H24ClN5O2/c27-20-10-4-5-11-21(20)29-26(34)31-16-14-30(15-17-31)24-25(33)32(18-19-8-2-1-3-9-19)23-13-7-6-12-22(23)28-24/h1-13H,14-18H2,(H,29,34). The number of carbonyl (C=O) groups is 1. The molecular weight excluding hydrogens is 450 g/mol. The van der Waals surface area contributed by atoms with E-state index in [9.17, 15) is 9.59 Å². The molecule has 1 saturated heterocycles. The Morgan fingerprint density at radius 2 is 1.56 bits per heavy atom. The van der Waals surface area contributed by atoms with Crippen LogP contribution >= 0.6 is 11.6 Å². The second-order valence-electron chi connectivity index (χ2n) is 8.19. The van der Waals surface area contributed by atoms with Gasteiger partial charge in [-0.2, -0.15) is 0 Å². The highest BCUT2D eigenvalue weighted by Crippen LogP contribution is 2.22. The Labute approximate surface area is 202 Å². The summed E-state index contributed by atoms with van der Waals surface area (Å²) in [7, 11) is 0. The Morgan fingerprint density at radius 1 is 0.882 bits per heavy atom. The number of amides is 2. The van der Waals surface area contributed by atoms with Crippen molar-refractivity contribution in [3.05, 3.63) is 99.8 Å². The van der Waals surface area contributed by atoms with Gasteiger partial charge in [0.05, 0.1) is 28.3 Å². The van der Waals surface area contributed by atoms with Crippen molar-refractivity contribution in [2.75, 3.05) is 36.4 Å². The summed E-state index contributed by atoms with van der Waals surface area (Å²) in [6.07, 6.45) is 0. The second kappa shape index (κ2) is 9.57. The van der Waals surface area contributed by atoms with Crippen LogP contribution in [0.2, 0.25) is 5.02 Å². The molecule has 0 unspecified atom stereocenters. The maximum Gasteiger partial charge on any atom is 0.322 e. The van der Waals surface area contributed by atoms with Crippen LogP contribution in [0.3, 0.4) is 0 Å². The summed E-state index contributed by atoms with van der Waals surface area (Å²) in [4.78, 5) is 34.6. The molecule has 0 saturated carbocycles. The predicted octanol–water partition coefficient (Wildman–Crippen LogP) is 4.45. The molecule has 0 spiro atoms. The molecule has 1 fully saturated rings. The molecule has 0 aliphatic carbocycles. The third kappa shape index (κ3) is 4.47. The molecule has 2 heterocycles. The number of nitrogens with zero attached hydrogens (tertiary/aromatic N) is 4. The van der Waals surface area contributed by atoms with Gasteiger partial charge in [0.1, 0.15) is 0 Å². The number of anilines is 2. The lowest BCUT2D eigenvalue weighted by atomic mass is 10.2. The van der Waals surface area contributed by atoms with E-state index >= 15 is 0 Å². The molecule has 0 bridgehead atoms. The monoisotopic (exact) mass is 473 g/mol. The summed E-state index contributed by atoms with van der Waals surface area (Å²) < 4.78 is 1.78. The van der Waals surface area contributed by atoms with Crippen LogP contribution < -0.4 is 15.8 Å². The molecule has 8 heteroatoms. The Balaban J connectivity index is 1.37. The van der Waals surface area contributed by atoms with Crippen LogP contribution in [0.4, 0.5) is 16.3 Å². The topological polar surface area (TPSA) is 70.5 Å². The first-order chi connectivity index (χ1) is 16.6. The number of carbonyl (C=O) groups excluding carboxylic acids is 1. The minimum absolute atomic E-state index is 0.128. The lowest BCUT2D eigenvalue weighted by Crippen LogP contribution is -2.51. The van der Waals surface area contributed by atoms with Gasteiger partial charge in [0.2, 0.25) is 0 Å². The maximum atomic E-state index is 13.5. The van der Waals surface area contributed by atoms with Crippen LogP contribution in [-0.4, -0.2) is 46.7 Å². The minimum atomic E-state index is -0.208. The molecule has 1 N–H and O–H groups in total. The number of para-hydroxylation sites is 3. The van der Waals surface area contributed by atoms with E-state index in [1.54, 1.807) is 21.6 Å². The van der Waals surface area contributed by atoms with Crippen LogP contribution in [0.5, 0.6) is 0 Å². The first-order valence-electron chi connectivity index (χ1n) is 11.2. The van der Waals surface area contributed by atoms with E-state index < -0.39 is 0 Å². The number of fused-ring (bicyclic) bond motifs is 1. The molecule has 0 atom stereocenters. The number of benzene rings is 3. The van der Waals surface area contributed by atoms with Gasteiger partial charge in [0, 0.05) is 26.2 Å². The lowest BCUT2D eigenvalue weighted by molar-refractivity contribution is 0.208. The number of hydrogen-bond donors (Lipinski definition) is 1. The lowest BCUT2D eigenvalue weighted by Gasteiger charge is -2.35. The number of halogens is 1. The average Bonchev–Trinajstić information content (AvgIpc) is 2.87. The van der Waals surface area contributed by atoms with Crippen molar-refractivity contribution in [1.82, 2.24) is 14.5 Å². The zero-order valence-corrected chi connectivity index (χ0v) is 19.3. The van der Waals surface area contributed by atoms with Crippen molar-refractivity contribution in [3.63, 3.8) is 0 Å². The van der Waals surface area contributed by atoms with Gasteiger partial charge in [-0.05, 0) is 29.8 Å². The maximum absolute atomic E-state index is 13.5. The molecular formula is C26H24ClN5O2. The fourth-order valence-corrected chi connectivity index (χ4v) is 4.37. The molecule has 0 radical (unpaired) electrons. The Morgan fingerprint density at radius 3 is 2.32 bits per heavy atom. The highest BCUT2D eigenvalue weighted by Gasteiger charge is 2.25. The first-order valence-corrected chi connectivity index (χ1v) is 11.6. The van der Waals surface area contributed by atoms with Crippen LogP contribution in [0.25, 0.3) is 11.0 Å². The van der Waals surface area contributed by atoms with Gasteiger partial charge in [-0.3, -0.25) is 9.36 Å². The molecule has 1 aliphatic rings. The van der Waals surface area contributed by atoms with Crippen molar-refractivity contribution < 1.29 is 4.79 Å². The summed E-state index contributed by atoms with van der Waals surface area (Å²) >= 11 is 6.16. The van der Waals surface area contributed by atoms with Crippen molar-refractivity contribution in [3.8, 4) is 0 Å². The summed E-state index contributed by atoms with van der Waals surface area (Å²) in [6.45, 7) is 2.45. The zero-order chi connectivity index (χ0) is 23.5. The Hall–Kier alpha value is -3.84. The molecule has 4 aromatic rings. The van der Waals surface area contributed by atoms with E-state index in [0.29, 0.717) is 49.3 Å².